The highest BCUT2D eigenvalue weighted by Crippen LogP contribution is 2.34. The van der Waals surface area contributed by atoms with Gasteiger partial charge in [-0.3, -0.25) is 4.99 Å². The van der Waals surface area contributed by atoms with Crippen molar-refractivity contribution in [1.82, 2.24) is 0 Å². The van der Waals surface area contributed by atoms with E-state index in [0.717, 1.165) is 18.7 Å². The van der Waals surface area contributed by atoms with Crippen LogP contribution in [0.5, 0.6) is 0 Å². The van der Waals surface area contributed by atoms with Gasteiger partial charge in [-0.25, -0.2) is 0 Å². The van der Waals surface area contributed by atoms with Crippen LogP contribution in [0.15, 0.2) is 70.8 Å². The molecule has 0 amide bonds. The summed E-state index contributed by atoms with van der Waals surface area (Å²) in [6.07, 6.45) is 11.6. The maximum Gasteiger partial charge on any atom is 0.0655 e. The lowest BCUT2D eigenvalue weighted by atomic mass is 9.79. The van der Waals surface area contributed by atoms with Crippen LogP contribution in [0.1, 0.15) is 139 Å². The molecule has 1 unspecified atom stereocenters. The molecule has 0 aromatic heterocycles. The Labute approximate surface area is 260 Å². The predicted octanol–water partition coefficient (Wildman–Crippen LogP) is 10.9. The quantitative estimate of drug-likeness (QED) is 0.326. The fourth-order valence-corrected chi connectivity index (χ4v) is 5.09. The molecule has 0 radical (unpaired) electrons. The Kier molecular flexibility index (Phi) is 14.5. The van der Waals surface area contributed by atoms with Crippen LogP contribution in [-0.4, -0.2) is 12.3 Å². The van der Waals surface area contributed by atoms with E-state index in [-0.39, 0.29) is 16.2 Å². The molecular weight excluding hydrogens is 506 g/mol. The first-order valence-corrected chi connectivity index (χ1v) is 16.3. The van der Waals surface area contributed by atoms with Gasteiger partial charge in [0, 0.05) is 18.0 Å². The molecule has 1 heteroatoms. The molecule has 2 aromatic carbocycles. The molecule has 2 aromatic rings. The van der Waals surface area contributed by atoms with Crippen molar-refractivity contribution in [2.75, 3.05) is 6.54 Å². The number of hydrogen-bond donors (Lipinski definition) is 0. The van der Waals surface area contributed by atoms with E-state index in [0.29, 0.717) is 5.92 Å². The number of hydrogen-bond acceptors (Lipinski definition) is 1. The molecule has 232 valence electrons. The minimum atomic E-state index is 0.154. The molecule has 0 saturated carbocycles. The van der Waals surface area contributed by atoms with Crippen LogP contribution < -0.4 is 10.4 Å². The largest absolute Gasteiger partial charge is 0.285 e. The summed E-state index contributed by atoms with van der Waals surface area (Å²) >= 11 is 0. The summed E-state index contributed by atoms with van der Waals surface area (Å²) in [5, 5.41) is 2.54. The molecule has 3 rings (SSSR count). The summed E-state index contributed by atoms with van der Waals surface area (Å²) in [6, 6.07) is 15.5. The molecule has 1 aliphatic carbocycles. The van der Waals surface area contributed by atoms with Gasteiger partial charge in [0.1, 0.15) is 0 Å². The van der Waals surface area contributed by atoms with Gasteiger partial charge in [0.05, 0.1) is 5.71 Å². The zero-order valence-corrected chi connectivity index (χ0v) is 30.0. The number of nitrogens with zero attached hydrogens (tertiary/aromatic N) is 1. The highest BCUT2D eigenvalue weighted by molar-refractivity contribution is 6.21. The molecule has 0 heterocycles. The Morgan fingerprint density at radius 2 is 1.38 bits per heavy atom. The molecule has 0 bridgehead atoms. The molecule has 0 spiro atoms. The average molecular weight is 570 g/mol. The third-order valence-corrected chi connectivity index (χ3v) is 7.58. The third kappa shape index (κ3) is 11.2. The van der Waals surface area contributed by atoms with Gasteiger partial charge in [-0.05, 0) is 69.7 Å². The monoisotopic (exact) mass is 569 g/mol. The molecule has 42 heavy (non-hydrogen) atoms. The SMILES string of the molecule is C/C=C(\C=C(/CC)C(C)(C)C)C(C)(C)C.CCC.CCN=C1/C=c2/cccc/c2=C/C(C)c2cc(C(C)(C)C)ccc21. The van der Waals surface area contributed by atoms with Crippen molar-refractivity contribution in [3.63, 3.8) is 0 Å². The standard InChI is InChI=1S/C23H27N.C15H28.C3H8/c1-6-24-22-14-18-10-8-7-9-17(18)13-16(2)21-15-19(23(3,4)5)11-12-20(21)22;1-9-12(14(3,4)5)11-13(10-2)15(6,7)8;1-3-2/h7-16H,6H2,1-5H3;9,11H,10H2,1-8H3;3H2,1-2H3/b17-13-,18-14-,24-22?;12-9+,13-11+;. The summed E-state index contributed by atoms with van der Waals surface area (Å²) in [7, 11) is 0. The van der Waals surface area contributed by atoms with Gasteiger partial charge in [-0.2, -0.15) is 0 Å². The second-order valence-corrected chi connectivity index (χ2v) is 14.6. The van der Waals surface area contributed by atoms with E-state index in [1.807, 2.05) is 0 Å². The Hall–Kier alpha value is -2.67. The van der Waals surface area contributed by atoms with Gasteiger partial charge in [0.25, 0.3) is 0 Å². The van der Waals surface area contributed by atoms with E-state index in [9.17, 15) is 0 Å². The molecule has 0 fully saturated rings. The van der Waals surface area contributed by atoms with Gasteiger partial charge in [-0.15, -0.1) is 0 Å². The number of aliphatic imine (C=N–C) groups is 1. The van der Waals surface area contributed by atoms with Crippen molar-refractivity contribution in [3.05, 3.63) is 92.9 Å². The third-order valence-electron chi connectivity index (χ3n) is 7.58. The van der Waals surface area contributed by atoms with Gasteiger partial charge in [0.15, 0.2) is 0 Å². The van der Waals surface area contributed by atoms with Gasteiger partial charge in [0.2, 0.25) is 0 Å². The van der Waals surface area contributed by atoms with Crippen molar-refractivity contribution in [2.45, 2.75) is 128 Å². The van der Waals surface area contributed by atoms with Gasteiger partial charge in [-0.1, -0.05) is 163 Å². The average Bonchev–Trinajstić information content (AvgIpc) is 2.87. The van der Waals surface area contributed by atoms with E-state index in [1.54, 1.807) is 0 Å². The van der Waals surface area contributed by atoms with E-state index in [2.05, 4.69) is 171 Å². The van der Waals surface area contributed by atoms with Gasteiger partial charge >= 0.3 is 0 Å². The van der Waals surface area contributed by atoms with Gasteiger partial charge < -0.3 is 0 Å². The zero-order valence-electron chi connectivity index (χ0n) is 30.0. The van der Waals surface area contributed by atoms with Crippen LogP contribution in [0.4, 0.5) is 0 Å². The van der Waals surface area contributed by atoms with Crippen LogP contribution in [0.25, 0.3) is 12.2 Å². The Morgan fingerprint density at radius 1 is 0.810 bits per heavy atom. The van der Waals surface area contributed by atoms with Crippen LogP contribution in [0, 0.1) is 10.8 Å². The van der Waals surface area contributed by atoms with Crippen LogP contribution in [0.2, 0.25) is 0 Å². The van der Waals surface area contributed by atoms with Crippen molar-refractivity contribution in [1.29, 1.82) is 0 Å². The van der Waals surface area contributed by atoms with Crippen LogP contribution in [0.3, 0.4) is 0 Å². The Bertz CT molecular complexity index is 1340. The highest BCUT2D eigenvalue weighted by Gasteiger charge is 2.21. The molecular formula is C41H63N. The first kappa shape index (κ1) is 37.4. The first-order chi connectivity index (χ1) is 19.4. The molecule has 1 aliphatic rings. The number of fused-ring (bicyclic) bond motifs is 2. The number of rotatable bonds is 3. The summed E-state index contributed by atoms with van der Waals surface area (Å²) < 4.78 is 0. The zero-order chi connectivity index (χ0) is 32.3. The van der Waals surface area contributed by atoms with E-state index in [1.165, 1.54) is 44.7 Å². The second-order valence-electron chi connectivity index (χ2n) is 14.6. The van der Waals surface area contributed by atoms with Crippen LogP contribution >= 0.6 is 0 Å². The van der Waals surface area contributed by atoms with Crippen molar-refractivity contribution in [3.8, 4) is 0 Å². The molecule has 0 aliphatic heterocycles. The van der Waals surface area contributed by atoms with E-state index in [4.69, 9.17) is 4.99 Å². The minimum absolute atomic E-state index is 0.154. The van der Waals surface area contributed by atoms with Crippen molar-refractivity contribution >= 4 is 17.9 Å². The maximum atomic E-state index is 4.80. The summed E-state index contributed by atoms with van der Waals surface area (Å²) in [5.41, 5.74) is 8.78. The van der Waals surface area contributed by atoms with E-state index >= 15 is 0 Å². The first-order valence-electron chi connectivity index (χ1n) is 16.3. The lowest BCUT2D eigenvalue weighted by Crippen LogP contribution is -2.28. The molecule has 0 saturated heterocycles. The fraction of sp³-hybridized carbons (Fsp3) is 0.537. The topological polar surface area (TPSA) is 12.4 Å². The predicted molar refractivity (Wildman–Crippen MR) is 192 cm³/mol. The lowest BCUT2D eigenvalue weighted by Gasteiger charge is -2.26. The summed E-state index contributed by atoms with van der Waals surface area (Å²) in [6.45, 7) is 34.3. The fourth-order valence-electron chi connectivity index (χ4n) is 5.09. The summed E-state index contributed by atoms with van der Waals surface area (Å²) in [4.78, 5) is 4.80. The second kappa shape index (κ2) is 16.3. The van der Waals surface area contributed by atoms with Crippen LogP contribution in [-0.2, 0) is 5.41 Å². The lowest BCUT2D eigenvalue weighted by molar-refractivity contribution is 0.477. The minimum Gasteiger partial charge on any atom is -0.285 e. The molecule has 0 N–H and O–H groups in total. The molecule has 1 nitrogen and oxygen atoms in total. The van der Waals surface area contributed by atoms with Crippen molar-refractivity contribution in [2.24, 2.45) is 15.8 Å². The normalized spacial score (nSPS) is 18.4. The Morgan fingerprint density at radius 3 is 1.83 bits per heavy atom. The van der Waals surface area contributed by atoms with Crippen molar-refractivity contribution < 1.29 is 0 Å². The smallest absolute Gasteiger partial charge is 0.0655 e. The van der Waals surface area contributed by atoms with E-state index < -0.39 is 0 Å². The highest BCUT2D eigenvalue weighted by atomic mass is 14.7. The number of benzene rings is 2. The number of allylic oxidation sites excluding steroid dienone is 4. The molecule has 1 atom stereocenters. The Balaban J connectivity index is 0.000000423. The maximum absolute atomic E-state index is 4.80. The summed E-state index contributed by atoms with van der Waals surface area (Å²) in [5.74, 6) is 0.360.